The molecular formula is C15H14N4O2. The summed E-state index contributed by atoms with van der Waals surface area (Å²) in [5.74, 6) is -1.04. The fourth-order valence-electron chi connectivity index (χ4n) is 2.20. The second-order valence-corrected chi connectivity index (χ2v) is 4.70. The maximum absolute atomic E-state index is 11.5. The largest absolute Gasteiger partial charge is 0.477 e. The molecule has 0 aliphatic carbocycles. The molecule has 0 unspecified atom stereocenters. The fraction of sp³-hybridized carbons (Fsp3) is 0.200. The second kappa shape index (κ2) is 5.32. The first-order valence-electron chi connectivity index (χ1n) is 6.73. The number of hydrogen-bond donors (Lipinski definition) is 1. The topological polar surface area (TPSA) is 80.4 Å². The van der Waals surface area contributed by atoms with Crippen LogP contribution in [-0.2, 0) is 6.42 Å². The van der Waals surface area contributed by atoms with Crippen molar-refractivity contribution >= 4 is 11.6 Å². The molecule has 3 heterocycles. The van der Waals surface area contributed by atoms with Crippen LogP contribution in [0.1, 0.15) is 29.5 Å². The van der Waals surface area contributed by atoms with Gasteiger partial charge in [0.15, 0.2) is 11.3 Å². The van der Waals surface area contributed by atoms with Gasteiger partial charge in [0.1, 0.15) is 0 Å². The van der Waals surface area contributed by atoms with E-state index in [0.29, 0.717) is 17.0 Å². The molecule has 0 bridgehead atoms. The lowest BCUT2D eigenvalue weighted by atomic mass is 10.2. The van der Waals surface area contributed by atoms with Crippen LogP contribution in [0.4, 0.5) is 0 Å². The van der Waals surface area contributed by atoms with Gasteiger partial charge in [0.05, 0.1) is 17.1 Å². The van der Waals surface area contributed by atoms with Crippen LogP contribution in [0, 0.1) is 0 Å². The summed E-state index contributed by atoms with van der Waals surface area (Å²) in [5.41, 5.74) is 2.62. The lowest BCUT2D eigenvalue weighted by Crippen LogP contribution is -2.08. The van der Waals surface area contributed by atoms with Gasteiger partial charge in [0, 0.05) is 12.3 Å². The van der Waals surface area contributed by atoms with Gasteiger partial charge < -0.3 is 5.11 Å². The van der Waals surface area contributed by atoms with Crippen molar-refractivity contribution in [1.29, 1.82) is 0 Å². The lowest BCUT2D eigenvalue weighted by molar-refractivity contribution is 0.0687. The van der Waals surface area contributed by atoms with Crippen molar-refractivity contribution in [3.05, 3.63) is 47.9 Å². The van der Waals surface area contributed by atoms with E-state index < -0.39 is 5.97 Å². The van der Waals surface area contributed by atoms with Crippen LogP contribution in [0.5, 0.6) is 0 Å². The number of nitrogens with zero attached hydrogens (tertiary/aromatic N) is 4. The Morgan fingerprint density at radius 3 is 2.81 bits per heavy atom. The first kappa shape index (κ1) is 13.2. The van der Waals surface area contributed by atoms with Crippen LogP contribution < -0.4 is 0 Å². The molecule has 0 saturated heterocycles. The Kier molecular flexibility index (Phi) is 3.35. The molecule has 0 atom stereocenters. The van der Waals surface area contributed by atoms with E-state index in [9.17, 15) is 9.90 Å². The van der Waals surface area contributed by atoms with Gasteiger partial charge in [-0.1, -0.05) is 19.4 Å². The van der Waals surface area contributed by atoms with E-state index in [1.54, 1.807) is 18.3 Å². The highest BCUT2D eigenvalue weighted by Crippen LogP contribution is 2.18. The molecule has 6 heteroatoms. The third kappa shape index (κ3) is 2.47. The quantitative estimate of drug-likeness (QED) is 0.795. The smallest absolute Gasteiger partial charge is 0.354 e. The summed E-state index contributed by atoms with van der Waals surface area (Å²) in [4.78, 5) is 20.1. The third-order valence-corrected chi connectivity index (χ3v) is 3.13. The van der Waals surface area contributed by atoms with Crippen molar-refractivity contribution in [2.45, 2.75) is 19.8 Å². The molecule has 21 heavy (non-hydrogen) atoms. The molecule has 0 fully saturated rings. The predicted octanol–water partition coefficient (Wildman–Crippen LogP) is 2.44. The number of hydrogen-bond acceptors (Lipinski definition) is 4. The minimum Gasteiger partial charge on any atom is -0.477 e. The summed E-state index contributed by atoms with van der Waals surface area (Å²) in [6.07, 6.45) is 3.39. The molecular weight excluding hydrogens is 268 g/mol. The van der Waals surface area contributed by atoms with Crippen LogP contribution >= 0.6 is 0 Å². The number of carbonyl (C=O) groups is 1. The maximum atomic E-state index is 11.5. The number of fused-ring (bicyclic) bond motifs is 1. The van der Waals surface area contributed by atoms with Gasteiger partial charge in [-0.3, -0.25) is 4.98 Å². The Morgan fingerprint density at radius 1 is 1.29 bits per heavy atom. The van der Waals surface area contributed by atoms with E-state index in [1.165, 1.54) is 10.6 Å². The molecule has 0 radical (unpaired) electrons. The summed E-state index contributed by atoms with van der Waals surface area (Å²) >= 11 is 0. The molecule has 0 aromatic carbocycles. The zero-order chi connectivity index (χ0) is 14.8. The van der Waals surface area contributed by atoms with Gasteiger partial charge in [0.25, 0.3) is 0 Å². The van der Waals surface area contributed by atoms with Gasteiger partial charge in [0.2, 0.25) is 0 Å². The first-order valence-corrected chi connectivity index (χ1v) is 6.73. The molecule has 0 saturated carbocycles. The summed E-state index contributed by atoms with van der Waals surface area (Å²) < 4.78 is 1.37. The predicted molar refractivity (Wildman–Crippen MR) is 77.2 cm³/mol. The molecule has 3 aromatic rings. The van der Waals surface area contributed by atoms with E-state index in [4.69, 9.17) is 0 Å². The number of pyridine rings is 1. The van der Waals surface area contributed by atoms with Crippen LogP contribution in [0.3, 0.4) is 0 Å². The Hall–Kier alpha value is -2.76. The Balaban J connectivity index is 2.22. The average molecular weight is 282 g/mol. The highest BCUT2D eigenvalue weighted by molar-refractivity contribution is 5.87. The summed E-state index contributed by atoms with van der Waals surface area (Å²) in [7, 11) is 0. The zero-order valence-corrected chi connectivity index (χ0v) is 11.5. The van der Waals surface area contributed by atoms with E-state index in [1.807, 2.05) is 12.1 Å². The Bertz CT molecular complexity index is 796. The molecule has 0 aliphatic heterocycles. The van der Waals surface area contributed by atoms with Crippen LogP contribution in [0.2, 0.25) is 0 Å². The van der Waals surface area contributed by atoms with Gasteiger partial charge in [-0.25, -0.2) is 14.3 Å². The van der Waals surface area contributed by atoms with Crippen molar-refractivity contribution in [2.24, 2.45) is 0 Å². The van der Waals surface area contributed by atoms with E-state index in [2.05, 4.69) is 22.0 Å². The van der Waals surface area contributed by atoms with Gasteiger partial charge in [-0.2, -0.15) is 5.10 Å². The number of aryl methyl sites for hydroxylation is 1. The first-order chi connectivity index (χ1) is 10.2. The molecule has 3 aromatic heterocycles. The second-order valence-electron chi connectivity index (χ2n) is 4.70. The van der Waals surface area contributed by atoms with E-state index in [0.717, 1.165) is 18.5 Å². The van der Waals surface area contributed by atoms with E-state index in [-0.39, 0.29) is 5.69 Å². The van der Waals surface area contributed by atoms with E-state index >= 15 is 0 Å². The minimum absolute atomic E-state index is 0.0861. The molecule has 3 rings (SSSR count). The van der Waals surface area contributed by atoms with Gasteiger partial charge in [-0.05, 0) is 24.6 Å². The molecule has 106 valence electrons. The summed E-state index contributed by atoms with van der Waals surface area (Å²) in [6, 6.07) is 8.77. The third-order valence-electron chi connectivity index (χ3n) is 3.13. The fourth-order valence-corrected chi connectivity index (χ4v) is 2.20. The molecule has 0 amide bonds. The molecule has 0 aliphatic rings. The Labute approximate surface area is 121 Å². The minimum atomic E-state index is -1.04. The SMILES string of the molecule is CCCc1cc2nc(-c3ccccn3)cc(C(=O)O)n2n1. The average Bonchev–Trinajstić information content (AvgIpc) is 2.89. The van der Waals surface area contributed by atoms with Crippen molar-refractivity contribution < 1.29 is 9.90 Å². The summed E-state index contributed by atoms with van der Waals surface area (Å²) in [6.45, 7) is 2.05. The number of aromatic carboxylic acids is 1. The molecule has 0 spiro atoms. The number of aromatic nitrogens is 4. The van der Waals surface area contributed by atoms with Gasteiger partial charge >= 0.3 is 5.97 Å². The lowest BCUT2D eigenvalue weighted by Gasteiger charge is -2.04. The van der Waals surface area contributed by atoms with Crippen LogP contribution in [0.25, 0.3) is 17.0 Å². The normalized spacial score (nSPS) is 10.9. The number of rotatable bonds is 4. The Morgan fingerprint density at radius 2 is 2.14 bits per heavy atom. The van der Waals surface area contributed by atoms with Crippen molar-refractivity contribution in [1.82, 2.24) is 19.6 Å². The molecule has 1 N–H and O–H groups in total. The van der Waals surface area contributed by atoms with Gasteiger partial charge in [-0.15, -0.1) is 0 Å². The molecule has 6 nitrogen and oxygen atoms in total. The van der Waals surface area contributed by atoms with Crippen molar-refractivity contribution in [2.75, 3.05) is 0 Å². The summed E-state index contributed by atoms with van der Waals surface area (Å²) in [5, 5.41) is 13.7. The van der Waals surface area contributed by atoms with Crippen LogP contribution in [-0.4, -0.2) is 30.7 Å². The standard InChI is InChI=1S/C15H14N4O2/c1-2-5-10-8-14-17-12(11-6-3-4-7-16-11)9-13(15(20)21)19(14)18-10/h3-4,6-9H,2,5H2,1H3,(H,20,21). The number of carboxylic acid groups (broad SMARTS) is 1. The van der Waals surface area contributed by atoms with Crippen molar-refractivity contribution in [3.63, 3.8) is 0 Å². The van der Waals surface area contributed by atoms with Crippen molar-refractivity contribution in [3.8, 4) is 11.4 Å². The highest BCUT2D eigenvalue weighted by atomic mass is 16.4. The number of carboxylic acids is 1. The monoisotopic (exact) mass is 282 g/mol. The highest BCUT2D eigenvalue weighted by Gasteiger charge is 2.15. The van der Waals surface area contributed by atoms with Crippen LogP contribution in [0.15, 0.2) is 36.5 Å². The zero-order valence-electron chi connectivity index (χ0n) is 11.5. The maximum Gasteiger partial charge on any atom is 0.354 e.